The van der Waals surface area contributed by atoms with E-state index in [1.54, 1.807) is 30.3 Å². The number of rotatable bonds is 9. The molecule has 136 valence electrons. The first-order valence-corrected chi connectivity index (χ1v) is 8.97. The molecule has 0 unspecified atom stereocenters. The molecule has 2 aromatic rings. The highest BCUT2D eigenvalue weighted by molar-refractivity contribution is 7.89. The van der Waals surface area contributed by atoms with Crippen molar-refractivity contribution in [3.63, 3.8) is 0 Å². The van der Waals surface area contributed by atoms with Crippen molar-refractivity contribution >= 4 is 10.0 Å². The zero-order valence-electron chi connectivity index (χ0n) is 14.3. The first-order chi connectivity index (χ1) is 12.0. The van der Waals surface area contributed by atoms with Crippen LogP contribution in [0, 0.1) is 0 Å². The second-order valence-corrected chi connectivity index (χ2v) is 6.68. The van der Waals surface area contributed by atoms with Gasteiger partial charge in [-0.25, -0.2) is 13.1 Å². The van der Waals surface area contributed by atoms with Gasteiger partial charge >= 0.3 is 0 Å². The Bertz CT molecular complexity index is 789. The number of ether oxygens (including phenoxy) is 4. The van der Waals surface area contributed by atoms with Gasteiger partial charge in [0, 0.05) is 6.54 Å². The number of para-hydroxylation sites is 1. The van der Waals surface area contributed by atoms with Gasteiger partial charge in [-0.15, -0.1) is 0 Å². The van der Waals surface area contributed by atoms with Crippen LogP contribution in [0.25, 0.3) is 0 Å². The van der Waals surface area contributed by atoms with Crippen LogP contribution in [0.2, 0.25) is 0 Å². The maximum atomic E-state index is 12.2. The molecule has 0 aliphatic carbocycles. The molecule has 2 aromatic carbocycles. The molecule has 0 aromatic heterocycles. The Morgan fingerprint density at radius 2 is 1.56 bits per heavy atom. The Hall–Kier alpha value is -2.45. The third kappa shape index (κ3) is 4.77. The molecule has 0 aliphatic heterocycles. The Morgan fingerprint density at radius 1 is 0.880 bits per heavy atom. The summed E-state index contributed by atoms with van der Waals surface area (Å²) in [6.07, 6.45) is 0. The zero-order valence-corrected chi connectivity index (χ0v) is 15.1. The quantitative estimate of drug-likeness (QED) is 0.683. The SMILES string of the molecule is COc1ccc(S(=O)(=O)NCCOc2cccc(OC)c2OC)cc1. The number of nitrogens with one attached hydrogen (secondary N) is 1. The summed E-state index contributed by atoms with van der Waals surface area (Å²) >= 11 is 0. The Kier molecular flexibility index (Phi) is 6.49. The zero-order chi connectivity index (χ0) is 18.3. The highest BCUT2D eigenvalue weighted by atomic mass is 32.2. The van der Waals surface area contributed by atoms with Gasteiger partial charge in [0.25, 0.3) is 0 Å². The van der Waals surface area contributed by atoms with Crippen molar-refractivity contribution in [1.29, 1.82) is 0 Å². The molecule has 0 atom stereocenters. The molecule has 0 spiro atoms. The third-order valence-corrected chi connectivity index (χ3v) is 4.87. The molecule has 0 fully saturated rings. The van der Waals surface area contributed by atoms with Crippen molar-refractivity contribution in [2.75, 3.05) is 34.5 Å². The molecule has 0 radical (unpaired) electrons. The molecule has 0 bridgehead atoms. The fraction of sp³-hybridized carbons (Fsp3) is 0.294. The summed E-state index contributed by atoms with van der Waals surface area (Å²) in [4.78, 5) is 0.160. The van der Waals surface area contributed by atoms with Gasteiger partial charge in [0.1, 0.15) is 12.4 Å². The number of sulfonamides is 1. The monoisotopic (exact) mass is 367 g/mol. The molecule has 0 amide bonds. The van der Waals surface area contributed by atoms with Crippen molar-refractivity contribution < 1.29 is 27.4 Å². The first-order valence-electron chi connectivity index (χ1n) is 7.49. The minimum absolute atomic E-state index is 0.106. The summed E-state index contributed by atoms with van der Waals surface area (Å²) < 4.78 is 48.0. The summed E-state index contributed by atoms with van der Waals surface area (Å²) in [5.41, 5.74) is 0. The molecule has 1 N–H and O–H groups in total. The van der Waals surface area contributed by atoms with E-state index in [1.165, 1.54) is 33.5 Å². The number of hydrogen-bond acceptors (Lipinski definition) is 6. The molecule has 8 heteroatoms. The second kappa shape index (κ2) is 8.59. The average Bonchev–Trinajstić information content (AvgIpc) is 2.64. The fourth-order valence-electron chi connectivity index (χ4n) is 2.15. The van der Waals surface area contributed by atoms with Gasteiger partial charge in [-0.1, -0.05) is 6.07 Å². The van der Waals surface area contributed by atoms with Crippen LogP contribution >= 0.6 is 0 Å². The van der Waals surface area contributed by atoms with Crippen molar-refractivity contribution in [1.82, 2.24) is 4.72 Å². The fourth-order valence-corrected chi connectivity index (χ4v) is 3.16. The molecule has 0 saturated carbocycles. The van der Waals surface area contributed by atoms with E-state index < -0.39 is 10.0 Å². The van der Waals surface area contributed by atoms with E-state index in [1.807, 2.05) is 0 Å². The molecular formula is C17H21NO6S. The summed E-state index contributed by atoms with van der Waals surface area (Å²) in [5, 5.41) is 0. The van der Waals surface area contributed by atoms with Crippen LogP contribution in [0.1, 0.15) is 0 Å². The standard InChI is InChI=1S/C17H21NO6S/c1-21-13-7-9-14(10-8-13)25(19,20)18-11-12-24-16-6-4-5-15(22-2)17(16)23-3/h4-10,18H,11-12H2,1-3H3. The number of methoxy groups -OCH3 is 3. The lowest BCUT2D eigenvalue weighted by Crippen LogP contribution is -2.28. The Balaban J connectivity index is 1.94. The Morgan fingerprint density at radius 3 is 2.16 bits per heavy atom. The lowest BCUT2D eigenvalue weighted by atomic mass is 10.3. The minimum atomic E-state index is -3.61. The third-order valence-electron chi connectivity index (χ3n) is 3.39. The summed E-state index contributed by atoms with van der Waals surface area (Å²) in [5.74, 6) is 2.07. The van der Waals surface area contributed by atoms with E-state index in [4.69, 9.17) is 18.9 Å². The van der Waals surface area contributed by atoms with E-state index in [-0.39, 0.29) is 18.0 Å². The van der Waals surface area contributed by atoms with Crippen LogP contribution in [0.4, 0.5) is 0 Å². The number of benzene rings is 2. The van der Waals surface area contributed by atoms with E-state index in [0.29, 0.717) is 23.0 Å². The van der Waals surface area contributed by atoms with Crippen LogP contribution in [0.5, 0.6) is 23.0 Å². The maximum absolute atomic E-state index is 12.2. The maximum Gasteiger partial charge on any atom is 0.240 e. The van der Waals surface area contributed by atoms with Gasteiger partial charge in [0.05, 0.1) is 26.2 Å². The minimum Gasteiger partial charge on any atom is -0.497 e. The highest BCUT2D eigenvalue weighted by Gasteiger charge is 2.14. The summed E-state index contributed by atoms with van der Waals surface area (Å²) in [6, 6.07) is 11.4. The van der Waals surface area contributed by atoms with Crippen LogP contribution in [0.15, 0.2) is 47.4 Å². The first kappa shape index (κ1) is 18.9. The van der Waals surface area contributed by atoms with Crippen LogP contribution in [-0.4, -0.2) is 42.9 Å². The molecule has 0 heterocycles. The topological polar surface area (TPSA) is 83.1 Å². The normalized spacial score (nSPS) is 11.0. The van der Waals surface area contributed by atoms with E-state index >= 15 is 0 Å². The van der Waals surface area contributed by atoms with E-state index in [0.717, 1.165) is 0 Å². The van der Waals surface area contributed by atoms with Gasteiger partial charge < -0.3 is 18.9 Å². The predicted molar refractivity (Wildman–Crippen MR) is 93.2 cm³/mol. The Labute approximate surface area is 147 Å². The van der Waals surface area contributed by atoms with Gasteiger partial charge in [-0.3, -0.25) is 0 Å². The van der Waals surface area contributed by atoms with Crippen LogP contribution in [0.3, 0.4) is 0 Å². The molecule has 0 aliphatic rings. The molecular weight excluding hydrogens is 346 g/mol. The largest absolute Gasteiger partial charge is 0.497 e. The molecule has 2 rings (SSSR count). The van der Waals surface area contributed by atoms with Crippen LogP contribution < -0.4 is 23.7 Å². The van der Waals surface area contributed by atoms with Crippen molar-refractivity contribution in [3.05, 3.63) is 42.5 Å². The highest BCUT2D eigenvalue weighted by Crippen LogP contribution is 2.36. The molecule has 0 saturated heterocycles. The smallest absolute Gasteiger partial charge is 0.240 e. The van der Waals surface area contributed by atoms with E-state index in [2.05, 4.69) is 4.72 Å². The number of hydrogen-bond donors (Lipinski definition) is 1. The van der Waals surface area contributed by atoms with Gasteiger partial charge in [-0.05, 0) is 36.4 Å². The second-order valence-electron chi connectivity index (χ2n) is 4.91. The molecule has 25 heavy (non-hydrogen) atoms. The summed E-state index contributed by atoms with van der Waals surface area (Å²) in [7, 11) is 0.953. The predicted octanol–water partition coefficient (Wildman–Crippen LogP) is 2.07. The van der Waals surface area contributed by atoms with Crippen molar-refractivity contribution in [2.24, 2.45) is 0 Å². The summed E-state index contributed by atoms with van der Waals surface area (Å²) in [6.45, 7) is 0.244. The van der Waals surface area contributed by atoms with Crippen molar-refractivity contribution in [2.45, 2.75) is 4.90 Å². The van der Waals surface area contributed by atoms with Gasteiger partial charge in [0.2, 0.25) is 15.8 Å². The van der Waals surface area contributed by atoms with Crippen LogP contribution in [-0.2, 0) is 10.0 Å². The van der Waals surface area contributed by atoms with Gasteiger partial charge in [-0.2, -0.15) is 0 Å². The average molecular weight is 367 g/mol. The van der Waals surface area contributed by atoms with E-state index in [9.17, 15) is 8.42 Å². The van der Waals surface area contributed by atoms with Crippen molar-refractivity contribution in [3.8, 4) is 23.0 Å². The lowest BCUT2D eigenvalue weighted by Gasteiger charge is -2.14. The van der Waals surface area contributed by atoms with Gasteiger partial charge in [0.15, 0.2) is 11.5 Å². The molecule has 7 nitrogen and oxygen atoms in total. The lowest BCUT2D eigenvalue weighted by molar-refractivity contribution is 0.287.